The number of carbonyl (C=O) groups is 1. The molecule has 0 saturated carbocycles. The van der Waals surface area contributed by atoms with Gasteiger partial charge in [-0.1, -0.05) is 66.2 Å². The van der Waals surface area contributed by atoms with Gasteiger partial charge in [0, 0.05) is 35.7 Å². The quantitative estimate of drug-likeness (QED) is 0.346. The van der Waals surface area contributed by atoms with Crippen LogP contribution in [0.25, 0.3) is 28.2 Å². The standard InChI is InChI=1S/C26H19ClN4O/c1-30(22-14-12-21(27)13-15-22)25(32)24-23(29-26-28-16-5-17-31(24)26)20-10-8-19(9-11-20)18-6-3-2-4-7-18/h2-17H,1H3. The van der Waals surface area contributed by atoms with Crippen LogP contribution in [0.2, 0.25) is 5.02 Å². The summed E-state index contributed by atoms with van der Waals surface area (Å²) in [6.45, 7) is 0. The Morgan fingerprint density at radius 3 is 2.22 bits per heavy atom. The number of benzene rings is 3. The predicted molar refractivity (Wildman–Crippen MR) is 128 cm³/mol. The number of rotatable bonds is 4. The van der Waals surface area contributed by atoms with Crippen LogP contribution in [0, 0.1) is 0 Å². The van der Waals surface area contributed by atoms with E-state index in [0.29, 0.717) is 22.2 Å². The smallest absolute Gasteiger partial charge is 0.277 e. The van der Waals surface area contributed by atoms with E-state index >= 15 is 0 Å². The number of amides is 1. The molecule has 2 heterocycles. The first-order chi connectivity index (χ1) is 15.6. The molecule has 0 saturated heterocycles. The van der Waals surface area contributed by atoms with E-state index in [4.69, 9.17) is 11.6 Å². The first kappa shape index (κ1) is 20.0. The van der Waals surface area contributed by atoms with E-state index in [1.54, 1.807) is 46.9 Å². The molecule has 0 N–H and O–H groups in total. The number of hydrogen-bond donors (Lipinski definition) is 0. The summed E-state index contributed by atoms with van der Waals surface area (Å²) in [6, 6.07) is 27.2. The number of fused-ring (bicyclic) bond motifs is 1. The van der Waals surface area contributed by atoms with Crippen molar-refractivity contribution in [3.8, 4) is 22.4 Å². The fourth-order valence-electron chi connectivity index (χ4n) is 3.68. The zero-order valence-corrected chi connectivity index (χ0v) is 18.1. The van der Waals surface area contributed by atoms with Crippen molar-refractivity contribution in [2.75, 3.05) is 11.9 Å². The van der Waals surface area contributed by atoms with Crippen LogP contribution in [-0.2, 0) is 0 Å². The Bertz CT molecular complexity index is 1390. The van der Waals surface area contributed by atoms with Crippen LogP contribution in [0.15, 0.2) is 97.3 Å². The van der Waals surface area contributed by atoms with E-state index < -0.39 is 0 Å². The van der Waals surface area contributed by atoms with Crippen molar-refractivity contribution in [2.45, 2.75) is 0 Å². The lowest BCUT2D eigenvalue weighted by atomic mass is 10.0. The largest absolute Gasteiger partial charge is 0.310 e. The van der Waals surface area contributed by atoms with Crippen LogP contribution >= 0.6 is 11.6 Å². The highest BCUT2D eigenvalue weighted by atomic mass is 35.5. The van der Waals surface area contributed by atoms with Crippen LogP contribution in [0.5, 0.6) is 0 Å². The van der Waals surface area contributed by atoms with Crippen molar-refractivity contribution in [3.63, 3.8) is 0 Å². The lowest BCUT2D eigenvalue weighted by Gasteiger charge is -2.18. The topological polar surface area (TPSA) is 50.5 Å². The number of aromatic nitrogens is 3. The second-order valence-corrected chi connectivity index (χ2v) is 7.82. The van der Waals surface area contributed by atoms with Gasteiger partial charge in [0.25, 0.3) is 5.91 Å². The Balaban J connectivity index is 1.59. The Hall–Kier alpha value is -3.96. The Morgan fingerprint density at radius 2 is 1.50 bits per heavy atom. The molecule has 1 amide bonds. The highest BCUT2D eigenvalue weighted by molar-refractivity contribution is 6.30. The fraction of sp³-hybridized carbons (Fsp3) is 0.0385. The van der Waals surface area contributed by atoms with Crippen LogP contribution in [-0.4, -0.2) is 27.3 Å². The number of imidazole rings is 1. The van der Waals surface area contributed by atoms with Crippen molar-refractivity contribution in [1.82, 2.24) is 14.4 Å². The van der Waals surface area contributed by atoms with Gasteiger partial charge in [-0.3, -0.25) is 9.20 Å². The number of nitrogens with zero attached hydrogens (tertiary/aromatic N) is 4. The van der Waals surface area contributed by atoms with E-state index in [1.807, 2.05) is 54.6 Å². The van der Waals surface area contributed by atoms with Crippen LogP contribution in [0.1, 0.15) is 10.5 Å². The molecular formula is C26H19ClN4O. The molecule has 0 spiro atoms. The third-order valence-electron chi connectivity index (χ3n) is 5.39. The van der Waals surface area contributed by atoms with Gasteiger partial charge in [-0.25, -0.2) is 9.97 Å². The predicted octanol–water partition coefficient (Wildman–Crippen LogP) is 5.99. The molecule has 0 aliphatic heterocycles. The molecule has 0 radical (unpaired) electrons. The summed E-state index contributed by atoms with van der Waals surface area (Å²) < 4.78 is 1.73. The van der Waals surface area contributed by atoms with Crippen molar-refractivity contribution in [2.24, 2.45) is 0 Å². The van der Waals surface area contributed by atoms with Gasteiger partial charge in [-0.15, -0.1) is 0 Å². The Labute approximate surface area is 190 Å². The van der Waals surface area contributed by atoms with E-state index in [2.05, 4.69) is 22.1 Å². The summed E-state index contributed by atoms with van der Waals surface area (Å²) in [4.78, 5) is 24.2. The summed E-state index contributed by atoms with van der Waals surface area (Å²) in [5, 5.41) is 0.618. The van der Waals surface area contributed by atoms with Crippen molar-refractivity contribution >= 4 is 29.0 Å². The average molecular weight is 439 g/mol. The van der Waals surface area contributed by atoms with Gasteiger partial charge >= 0.3 is 0 Å². The van der Waals surface area contributed by atoms with Gasteiger partial charge in [-0.2, -0.15) is 0 Å². The van der Waals surface area contributed by atoms with Gasteiger partial charge in [0.05, 0.1) is 0 Å². The molecule has 0 aliphatic carbocycles. The number of hydrogen-bond acceptors (Lipinski definition) is 3. The highest BCUT2D eigenvalue weighted by Crippen LogP contribution is 2.29. The van der Waals surface area contributed by atoms with Crippen LogP contribution in [0.3, 0.4) is 0 Å². The summed E-state index contributed by atoms with van der Waals surface area (Å²) >= 11 is 6.01. The molecule has 6 heteroatoms. The molecule has 32 heavy (non-hydrogen) atoms. The molecule has 5 aromatic rings. The zero-order valence-electron chi connectivity index (χ0n) is 17.3. The van der Waals surface area contributed by atoms with Crippen LogP contribution in [0.4, 0.5) is 5.69 Å². The van der Waals surface area contributed by atoms with Gasteiger partial charge < -0.3 is 4.90 Å². The SMILES string of the molecule is CN(C(=O)c1c(-c2ccc(-c3ccccc3)cc2)nc2ncccn12)c1ccc(Cl)cc1. The molecule has 156 valence electrons. The average Bonchev–Trinajstić information content (AvgIpc) is 3.24. The fourth-order valence-corrected chi connectivity index (χ4v) is 3.81. The molecular weight excluding hydrogens is 420 g/mol. The summed E-state index contributed by atoms with van der Waals surface area (Å²) in [5.74, 6) is 0.289. The Kier molecular flexibility index (Phi) is 5.17. The monoisotopic (exact) mass is 438 g/mol. The molecule has 2 aromatic heterocycles. The minimum atomic E-state index is -0.185. The molecule has 0 fully saturated rings. The minimum absolute atomic E-state index is 0.185. The van der Waals surface area contributed by atoms with Gasteiger partial charge in [-0.05, 0) is 41.5 Å². The second kappa shape index (κ2) is 8.29. The number of anilines is 1. The van der Waals surface area contributed by atoms with Gasteiger partial charge in [0.2, 0.25) is 5.78 Å². The first-order valence-electron chi connectivity index (χ1n) is 10.1. The van der Waals surface area contributed by atoms with E-state index in [9.17, 15) is 4.79 Å². The number of halogens is 1. The molecule has 5 nitrogen and oxygen atoms in total. The molecule has 0 atom stereocenters. The minimum Gasteiger partial charge on any atom is -0.310 e. The maximum absolute atomic E-state index is 13.6. The zero-order chi connectivity index (χ0) is 22.1. The third kappa shape index (κ3) is 3.63. The maximum atomic E-state index is 13.6. The number of carbonyl (C=O) groups excluding carboxylic acids is 1. The summed E-state index contributed by atoms with van der Waals surface area (Å²) in [6.07, 6.45) is 3.47. The second-order valence-electron chi connectivity index (χ2n) is 7.38. The highest BCUT2D eigenvalue weighted by Gasteiger charge is 2.24. The van der Waals surface area contributed by atoms with Crippen molar-refractivity contribution in [3.05, 3.63) is 108 Å². The molecule has 0 bridgehead atoms. The lowest BCUT2D eigenvalue weighted by molar-refractivity contribution is 0.0988. The molecule has 0 aliphatic rings. The van der Waals surface area contributed by atoms with Crippen molar-refractivity contribution in [1.29, 1.82) is 0 Å². The summed E-state index contributed by atoms with van der Waals surface area (Å²) in [5.41, 5.74) is 4.87. The summed E-state index contributed by atoms with van der Waals surface area (Å²) in [7, 11) is 1.74. The lowest BCUT2D eigenvalue weighted by Crippen LogP contribution is -2.28. The van der Waals surface area contributed by atoms with Gasteiger partial charge in [0.1, 0.15) is 11.4 Å². The van der Waals surface area contributed by atoms with E-state index in [-0.39, 0.29) is 5.91 Å². The molecule has 0 unspecified atom stereocenters. The first-order valence-corrected chi connectivity index (χ1v) is 10.5. The third-order valence-corrected chi connectivity index (χ3v) is 5.64. The van der Waals surface area contributed by atoms with E-state index in [1.165, 1.54) is 0 Å². The molecule has 5 rings (SSSR count). The normalized spacial score (nSPS) is 10.9. The van der Waals surface area contributed by atoms with Crippen molar-refractivity contribution < 1.29 is 4.79 Å². The van der Waals surface area contributed by atoms with Gasteiger partial charge in [0.15, 0.2) is 0 Å². The maximum Gasteiger partial charge on any atom is 0.277 e. The molecule has 3 aromatic carbocycles. The van der Waals surface area contributed by atoms with E-state index in [0.717, 1.165) is 22.4 Å². The Morgan fingerprint density at radius 1 is 0.844 bits per heavy atom. The van der Waals surface area contributed by atoms with Crippen LogP contribution < -0.4 is 4.90 Å².